The molecule has 0 unspecified atom stereocenters. The second-order valence-electron chi connectivity index (χ2n) is 4.16. The fourth-order valence-corrected chi connectivity index (χ4v) is 1.80. The average molecular weight is 262 g/mol. The predicted octanol–water partition coefficient (Wildman–Crippen LogP) is 0.437. The molecule has 0 aliphatic carbocycles. The molecule has 4 nitrogen and oxygen atoms in total. The maximum Gasteiger partial charge on any atom is 0.0589 e. The van der Waals surface area contributed by atoms with Crippen molar-refractivity contribution in [3.05, 3.63) is 35.4 Å². The second-order valence-corrected chi connectivity index (χ2v) is 4.16. The van der Waals surface area contributed by atoms with Gasteiger partial charge in [0.15, 0.2) is 0 Å². The maximum atomic E-state index is 9.10. The van der Waals surface area contributed by atoms with E-state index in [2.05, 4.69) is 22.8 Å². The molecular weight excluding hydrogens is 240 g/mol. The van der Waals surface area contributed by atoms with E-state index in [9.17, 15) is 0 Å². The molecule has 0 spiro atoms. The number of ether oxygens (including phenoxy) is 1. The molecule has 0 aliphatic rings. The summed E-state index contributed by atoms with van der Waals surface area (Å²) >= 11 is 0. The van der Waals surface area contributed by atoms with Gasteiger partial charge in [-0.15, -0.1) is 0 Å². The van der Waals surface area contributed by atoms with Crippen molar-refractivity contribution in [1.29, 1.82) is 0 Å². The molecule has 0 saturated heterocycles. The Morgan fingerprint density at radius 1 is 1.32 bits per heavy atom. The van der Waals surface area contributed by atoms with Crippen LogP contribution in [0.25, 0.3) is 0 Å². The minimum Gasteiger partial charge on any atom is -0.395 e. The van der Waals surface area contributed by atoms with Crippen molar-refractivity contribution in [3.63, 3.8) is 0 Å². The van der Waals surface area contributed by atoms with Crippen molar-refractivity contribution < 1.29 is 9.84 Å². The molecule has 4 heteroatoms. The van der Waals surface area contributed by atoms with Crippen LogP contribution in [0.5, 0.6) is 0 Å². The molecule has 104 valence electrons. The Hall–Kier alpha value is -1.38. The van der Waals surface area contributed by atoms with Gasteiger partial charge in [-0.3, -0.25) is 4.90 Å². The Morgan fingerprint density at radius 2 is 2.11 bits per heavy atom. The second kappa shape index (κ2) is 9.54. The molecule has 0 heterocycles. The zero-order valence-electron chi connectivity index (χ0n) is 11.4. The van der Waals surface area contributed by atoms with Crippen LogP contribution >= 0.6 is 0 Å². The minimum absolute atomic E-state index is 0.139. The molecule has 19 heavy (non-hydrogen) atoms. The van der Waals surface area contributed by atoms with Crippen molar-refractivity contribution >= 4 is 0 Å². The molecule has 0 atom stereocenters. The standard InChI is InChI=1S/C15H22N2O2/c1-19-12-10-17(9-11-18)13-15-6-3-2-5-14(15)7-4-8-16/h2-3,5-6,18H,8-13,16H2,1H3. The predicted molar refractivity (Wildman–Crippen MR) is 76.6 cm³/mol. The Morgan fingerprint density at radius 3 is 2.79 bits per heavy atom. The number of aliphatic hydroxyl groups is 1. The Labute approximate surface area is 115 Å². The van der Waals surface area contributed by atoms with E-state index in [1.807, 2.05) is 18.2 Å². The van der Waals surface area contributed by atoms with Gasteiger partial charge in [-0.25, -0.2) is 0 Å². The molecule has 1 aromatic rings. The summed E-state index contributed by atoms with van der Waals surface area (Å²) in [7, 11) is 1.68. The Balaban J connectivity index is 2.77. The van der Waals surface area contributed by atoms with Crippen molar-refractivity contribution in [1.82, 2.24) is 4.90 Å². The van der Waals surface area contributed by atoms with Gasteiger partial charge in [-0.1, -0.05) is 30.0 Å². The van der Waals surface area contributed by atoms with Crippen LogP contribution in [0, 0.1) is 11.8 Å². The van der Waals surface area contributed by atoms with Crippen LogP contribution in [0.1, 0.15) is 11.1 Å². The number of hydrogen-bond donors (Lipinski definition) is 2. The van der Waals surface area contributed by atoms with E-state index in [4.69, 9.17) is 15.6 Å². The van der Waals surface area contributed by atoms with Crippen LogP contribution in [0.4, 0.5) is 0 Å². The first-order chi connectivity index (χ1) is 9.31. The molecule has 0 radical (unpaired) electrons. The third kappa shape index (κ3) is 5.86. The number of nitrogens with zero attached hydrogens (tertiary/aromatic N) is 1. The van der Waals surface area contributed by atoms with Gasteiger partial charge in [-0.2, -0.15) is 0 Å². The van der Waals surface area contributed by atoms with Crippen LogP contribution in [0.3, 0.4) is 0 Å². The molecule has 1 aromatic carbocycles. The van der Waals surface area contributed by atoms with E-state index in [0.29, 0.717) is 19.7 Å². The van der Waals surface area contributed by atoms with Gasteiger partial charge >= 0.3 is 0 Å². The molecule has 0 aromatic heterocycles. The third-order valence-electron chi connectivity index (χ3n) is 2.76. The fraction of sp³-hybridized carbons (Fsp3) is 0.467. The fourth-order valence-electron chi connectivity index (χ4n) is 1.80. The highest BCUT2D eigenvalue weighted by molar-refractivity contribution is 5.41. The molecule has 0 bridgehead atoms. The Bertz CT molecular complexity index is 424. The van der Waals surface area contributed by atoms with Crippen LogP contribution < -0.4 is 5.73 Å². The number of nitrogens with two attached hydrogens (primary N) is 1. The highest BCUT2D eigenvalue weighted by Crippen LogP contribution is 2.10. The van der Waals surface area contributed by atoms with Gasteiger partial charge < -0.3 is 15.6 Å². The van der Waals surface area contributed by atoms with Crippen LogP contribution in [0.15, 0.2) is 24.3 Å². The van der Waals surface area contributed by atoms with Crippen molar-refractivity contribution in [2.24, 2.45) is 5.73 Å². The van der Waals surface area contributed by atoms with E-state index in [1.54, 1.807) is 7.11 Å². The first kappa shape index (κ1) is 15.7. The summed E-state index contributed by atoms with van der Waals surface area (Å²) in [6.07, 6.45) is 0. The van der Waals surface area contributed by atoms with Gasteiger partial charge in [0, 0.05) is 32.3 Å². The van der Waals surface area contributed by atoms with Crippen molar-refractivity contribution in [2.45, 2.75) is 6.54 Å². The van der Waals surface area contributed by atoms with E-state index >= 15 is 0 Å². The molecule has 0 saturated carbocycles. The van der Waals surface area contributed by atoms with E-state index in [1.165, 1.54) is 0 Å². The number of benzene rings is 1. The zero-order valence-corrected chi connectivity index (χ0v) is 11.4. The van der Waals surface area contributed by atoms with E-state index in [0.717, 1.165) is 24.2 Å². The number of aliphatic hydroxyl groups excluding tert-OH is 1. The molecule has 0 amide bonds. The first-order valence-electron chi connectivity index (χ1n) is 6.40. The lowest BCUT2D eigenvalue weighted by Crippen LogP contribution is -2.30. The third-order valence-corrected chi connectivity index (χ3v) is 2.76. The highest BCUT2D eigenvalue weighted by Gasteiger charge is 2.07. The normalized spacial score (nSPS) is 10.3. The van der Waals surface area contributed by atoms with Gasteiger partial charge in [-0.05, 0) is 11.6 Å². The van der Waals surface area contributed by atoms with Gasteiger partial charge in [0.25, 0.3) is 0 Å². The smallest absolute Gasteiger partial charge is 0.0589 e. The zero-order chi connectivity index (χ0) is 13.9. The Kier molecular flexibility index (Phi) is 7.87. The molecule has 3 N–H and O–H groups in total. The highest BCUT2D eigenvalue weighted by atomic mass is 16.5. The van der Waals surface area contributed by atoms with Crippen LogP contribution in [-0.2, 0) is 11.3 Å². The monoisotopic (exact) mass is 262 g/mol. The lowest BCUT2D eigenvalue weighted by atomic mass is 10.1. The first-order valence-corrected chi connectivity index (χ1v) is 6.40. The summed E-state index contributed by atoms with van der Waals surface area (Å²) in [5, 5.41) is 9.10. The summed E-state index contributed by atoms with van der Waals surface area (Å²) in [4.78, 5) is 2.15. The van der Waals surface area contributed by atoms with E-state index in [-0.39, 0.29) is 6.61 Å². The van der Waals surface area contributed by atoms with Crippen LogP contribution in [0.2, 0.25) is 0 Å². The summed E-state index contributed by atoms with van der Waals surface area (Å²) in [5.74, 6) is 5.96. The summed E-state index contributed by atoms with van der Waals surface area (Å²) in [6.45, 7) is 3.31. The quantitative estimate of drug-likeness (QED) is 0.700. The maximum absolute atomic E-state index is 9.10. The molecule has 0 aliphatic heterocycles. The summed E-state index contributed by atoms with van der Waals surface area (Å²) in [6, 6.07) is 8.01. The van der Waals surface area contributed by atoms with Gasteiger partial charge in [0.1, 0.15) is 0 Å². The minimum atomic E-state index is 0.139. The average Bonchev–Trinajstić information content (AvgIpc) is 2.44. The number of rotatable bonds is 7. The summed E-state index contributed by atoms with van der Waals surface area (Å²) < 4.78 is 5.08. The topological polar surface area (TPSA) is 58.7 Å². The van der Waals surface area contributed by atoms with Gasteiger partial charge in [0.2, 0.25) is 0 Å². The SMILES string of the molecule is COCCN(CCO)Cc1ccccc1C#CCN. The van der Waals surface area contributed by atoms with Gasteiger partial charge in [0.05, 0.1) is 19.8 Å². The largest absolute Gasteiger partial charge is 0.395 e. The number of hydrogen-bond acceptors (Lipinski definition) is 4. The molecule has 1 rings (SSSR count). The number of methoxy groups -OCH3 is 1. The lowest BCUT2D eigenvalue weighted by molar-refractivity contribution is 0.127. The molecular formula is C15H22N2O2. The lowest BCUT2D eigenvalue weighted by Gasteiger charge is -2.21. The van der Waals surface area contributed by atoms with Crippen LogP contribution in [-0.4, -0.2) is 50.0 Å². The molecule has 0 fully saturated rings. The van der Waals surface area contributed by atoms with E-state index < -0.39 is 0 Å². The summed E-state index contributed by atoms with van der Waals surface area (Å²) in [5.41, 5.74) is 7.55. The van der Waals surface area contributed by atoms with Crippen molar-refractivity contribution in [3.8, 4) is 11.8 Å². The van der Waals surface area contributed by atoms with Crippen molar-refractivity contribution in [2.75, 3.05) is 40.0 Å².